The van der Waals surface area contributed by atoms with Crippen LogP contribution in [-0.4, -0.2) is 59.1 Å². The van der Waals surface area contributed by atoms with Gasteiger partial charge < -0.3 is 14.6 Å². The largest absolute Gasteiger partial charge is 0.385 e. The molecule has 120 valence electrons. The summed E-state index contributed by atoms with van der Waals surface area (Å²) in [5.41, 5.74) is 0. The third kappa shape index (κ3) is 4.28. The van der Waals surface area contributed by atoms with Crippen LogP contribution in [0, 0.1) is 5.92 Å². The minimum atomic E-state index is -2.89. The Morgan fingerprint density at radius 2 is 2.10 bits per heavy atom. The van der Waals surface area contributed by atoms with Gasteiger partial charge in [-0.1, -0.05) is 6.92 Å². The first-order valence-electron chi connectivity index (χ1n) is 7.51. The highest BCUT2D eigenvalue weighted by Gasteiger charge is 2.28. The molecule has 1 fully saturated rings. The first-order chi connectivity index (χ1) is 9.93. The van der Waals surface area contributed by atoms with Gasteiger partial charge in [-0.2, -0.15) is 0 Å². The lowest BCUT2D eigenvalue weighted by Gasteiger charge is -2.33. The molecule has 1 aromatic heterocycles. The molecule has 2 heterocycles. The summed E-state index contributed by atoms with van der Waals surface area (Å²) in [5.74, 6) is 1.35. The number of likely N-dealkylation sites (tertiary alicyclic amines) is 1. The Kier molecular flexibility index (Phi) is 5.40. The molecule has 1 unspecified atom stereocenters. The van der Waals surface area contributed by atoms with Crippen LogP contribution < -0.4 is 0 Å². The van der Waals surface area contributed by atoms with Crippen molar-refractivity contribution >= 4 is 9.84 Å². The summed E-state index contributed by atoms with van der Waals surface area (Å²) in [6.07, 6.45) is 4.75. The highest BCUT2D eigenvalue weighted by molar-refractivity contribution is 7.91. The van der Waals surface area contributed by atoms with Crippen molar-refractivity contribution < 1.29 is 13.5 Å². The van der Waals surface area contributed by atoms with E-state index >= 15 is 0 Å². The second kappa shape index (κ2) is 6.89. The molecule has 1 saturated heterocycles. The Bertz CT molecular complexity index is 548. The number of aryl methyl sites for hydroxylation is 1. The van der Waals surface area contributed by atoms with E-state index in [1.807, 2.05) is 17.8 Å². The second-order valence-corrected chi connectivity index (χ2v) is 8.23. The van der Waals surface area contributed by atoms with Gasteiger partial charge in [0.1, 0.15) is 11.9 Å². The summed E-state index contributed by atoms with van der Waals surface area (Å²) in [7, 11) is -1.01. The number of aromatic nitrogens is 2. The summed E-state index contributed by atoms with van der Waals surface area (Å²) >= 11 is 0. The summed E-state index contributed by atoms with van der Waals surface area (Å²) in [6.45, 7) is 3.96. The molecule has 2 rings (SSSR count). The van der Waals surface area contributed by atoms with Crippen molar-refractivity contribution in [2.24, 2.45) is 13.0 Å². The quantitative estimate of drug-likeness (QED) is 0.832. The Balaban J connectivity index is 1.82. The summed E-state index contributed by atoms with van der Waals surface area (Å²) in [5, 5.41) is 10.4. The van der Waals surface area contributed by atoms with E-state index in [4.69, 9.17) is 0 Å². The van der Waals surface area contributed by atoms with Crippen LogP contribution in [0.3, 0.4) is 0 Å². The zero-order valence-corrected chi connectivity index (χ0v) is 13.6. The molecule has 0 amide bonds. The number of sulfone groups is 1. The van der Waals surface area contributed by atoms with Crippen molar-refractivity contribution in [1.29, 1.82) is 0 Å². The molecule has 0 aliphatic carbocycles. The summed E-state index contributed by atoms with van der Waals surface area (Å²) in [4.78, 5) is 6.39. The van der Waals surface area contributed by atoms with Gasteiger partial charge in [0.05, 0.1) is 5.75 Å². The fourth-order valence-corrected chi connectivity index (χ4v) is 3.60. The van der Waals surface area contributed by atoms with Crippen molar-refractivity contribution in [3.63, 3.8) is 0 Å². The fourth-order valence-electron chi connectivity index (χ4n) is 2.78. The Morgan fingerprint density at radius 3 is 2.62 bits per heavy atom. The minimum Gasteiger partial charge on any atom is -0.385 e. The second-order valence-electron chi connectivity index (χ2n) is 5.76. The maximum Gasteiger partial charge on any atom is 0.151 e. The Morgan fingerprint density at radius 1 is 1.43 bits per heavy atom. The van der Waals surface area contributed by atoms with Gasteiger partial charge in [-0.25, -0.2) is 13.4 Å². The van der Waals surface area contributed by atoms with E-state index in [2.05, 4.69) is 9.88 Å². The zero-order valence-electron chi connectivity index (χ0n) is 12.8. The van der Waals surface area contributed by atoms with Crippen molar-refractivity contribution in [1.82, 2.24) is 14.5 Å². The molecule has 0 radical (unpaired) electrons. The van der Waals surface area contributed by atoms with Gasteiger partial charge in [-0.15, -0.1) is 0 Å². The van der Waals surface area contributed by atoms with Crippen LogP contribution in [0.2, 0.25) is 0 Å². The molecule has 7 heteroatoms. The van der Waals surface area contributed by atoms with Crippen LogP contribution in [0.4, 0.5) is 0 Å². The van der Waals surface area contributed by atoms with Gasteiger partial charge in [0.15, 0.2) is 9.84 Å². The predicted octanol–water partition coefficient (Wildman–Crippen LogP) is 0.600. The van der Waals surface area contributed by atoms with E-state index in [9.17, 15) is 13.5 Å². The van der Waals surface area contributed by atoms with Gasteiger partial charge >= 0.3 is 0 Å². The number of rotatable bonds is 6. The van der Waals surface area contributed by atoms with Crippen LogP contribution in [0.15, 0.2) is 12.4 Å². The molecule has 0 bridgehead atoms. The Labute approximate surface area is 126 Å². The zero-order chi connectivity index (χ0) is 15.5. The van der Waals surface area contributed by atoms with E-state index in [0.717, 1.165) is 25.9 Å². The lowest BCUT2D eigenvalue weighted by Crippen LogP contribution is -2.38. The van der Waals surface area contributed by atoms with Crippen LogP contribution in [0.25, 0.3) is 0 Å². The van der Waals surface area contributed by atoms with E-state index < -0.39 is 15.9 Å². The van der Waals surface area contributed by atoms with Gasteiger partial charge in [0.2, 0.25) is 0 Å². The van der Waals surface area contributed by atoms with Crippen molar-refractivity contribution in [3.8, 4) is 0 Å². The first-order valence-corrected chi connectivity index (χ1v) is 9.33. The number of piperidine rings is 1. The average molecular weight is 315 g/mol. The molecule has 21 heavy (non-hydrogen) atoms. The number of nitrogens with zero attached hydrogens (tertiary/aromatic N) is 3. The SMILES string of the molecule is CCS(=O)(=O)CCN1CCC(C(O)c2nccn2C)CC1. The molecule has 1 N–H and O–H groups in total. The van der Waals surface area contributed by atoms with Gasteiger partial charge in [-0.05, 0) is 31.8 Å². The van der Waals surface area contributed by atoms with E-state index in [-0.39, 0.29) is 17.4 Å². The normalized spacial score (nSPS) is 19.8. The molecule has 1 atom stereocenters. The van der Waals surface area contributed by atoms with Gasteiger partial charge in [0, 0.05) is 31.7 Å². The standard InChI is InChI=1S/C14H25N3O3S/c1-3-21(19,20)11-10-17-7-4-12(5-8-17)13(18)14-15-6-9-16(14)2/h6,9,12-13,18H,3-5,7-8,10-11H2,1-2H3. The molecule has 0 saturated carbocycles. The first kappa shape index (κ1) is 16.5. The third-order valence-corrected chi connectivity index (χ3v) is 6.04. The summed E-state index contributed by atoms with van der Waals surface area (Å²) in [6, 6.07) is 0. The van der Waals surface area contributed by atoms with E-state index in [1.165, 1.54) is 0 Å². The van der Waals surface area contributed by atoms with E-state index in [1.54, 1.807) is 13.1 Å². The number of hydrogen-bond acceptors (Lipinski definition) is 5. The van der Waals surface area contributed by atoms with Gasteiger partial charge in [-0.3, -0.25) is 0 Å². The maximum atomic E-state index is 11.5. The molecular weight excluding hydrogens is 290 g/mol. The molecular formula is C14H25N3O3S. The summed E-state index contributed by atoms with van der Waals surface area (Å²) < 4.78 is 24.9. The lowest BCUT2D eigenvalue weighted by molar-refractivity contribution is 0.0527. The van der Waals surface area contributed by atoms with Crippen molar-refractivity contribution in [2.45, 2.75) is 25.9 Å². The molecule has 0 aromatic carbocycles. The molecule has 1 aliphatic rings. The van der Waals surface area contributed by atoms with Crippen LogP contribution in [0.1, 0.15) is 31.7 Å². The number of aliphatic hydroxyl groups excluding tert-OH is 1. The monoisotopic (exact) mass is 315 g/mol. The van der Waals surface area contributed by atoms with Crippen molar-refractivity contribution in [2.75, 3.05) is 31.1 Å². The number of imidazole rings is 1. The maximum absolute atomic E-state index is 11.5. The molecule has 0 spiro atoms. The minimum absolute atomic E-state index is 0.199. The molecule has 1 aliphatic heterocycles. The molecule has 1 aromatic rings. The van der Waals surface area contributed by atoms with Crippen LogP contribution in [0.5, 0.6) is 0 Å². The van der Waals surface area contributed by atoms with Gasteiger partial charge in [0.25, 0.3) is 0 Å². The lowest BCUT2D eigenvalue weighted by atomic mass is 9.91. The highest BCUT2D eigenvalue weighted by Crippen LogP contribution is 2.29. The van der Waals surface area contributed by atoms with Crippen molar-refractivity contribution in [3.05, 3.63) is 18.2 Å². The third-order valence-electron chi connectivity index (χ3n) is 4.36. The number of aliphatic hydroxyl groups is 1. The smallest absolute Gasteiger partial charge is 0.151 e. The molecule has 6 nitrogen and oxygen atoms in total. The van der Waals surface area contributed by atoms with E-state index in [0.29, 0.717) is 12.4 Å². The fraction of sp³-hybridized carbons (Fsp3) is 0.786. The van der Waals surface area contributed by atoms with Crippen LogP contribution in [-0.2, 0) is 16.9 Å². The van der Waals surface area contributed by atoms with Crippen LogP contribution >= 0.6 is 0 Å². The predicted molar refractivity (Wildman–Crippen MR) is 81.7 cm³/mol. The number of hydrogen-bond donors (Lipinski definition) is 1. The highest BCUT2D eigenvalue weighted by atomic mass is 32.2. The Hall–Kier alpha value is -0.920. The topological polar surface area (TPSA) is 75.4 Å². The average Bonchev–Trinajstić information content (AvgIpc) is 2.91.